The predicted molar refractivity (Wildman–Crippen MR) is 62.5 cm³/mol. The van der Waals surface area contributed by atoms with Gasteiger partial charge in [-0.1, -0.05) is 26.2 Å². The molecule has 0 radical (unpaired) electrons. The molecule has 0 fully saturated rings. The monoisotopic (exact) mass is 331 g/mol. The van der Waals surface area contributed by atoms with Crippen molar-refractivity contribution in [1.82, 2.24) is 9.33 Å². The van der Waals surface area contributed by atoms with Crippen molar-refractivity contribution < 1.29 is 26.1 Å². The van der Waals surface area contributed by atoms with Gasteiger partial charge in [-0.3, -0.25) is 0 Å². The van der Waals surface area contributed by atoms with E-state index in [9.17, 15) is 21.6 Å². The van der Waals surface area contributed by atoms with E-state index in [1.165, 1.54) is 0 Å². The Bertz CT molecular complexity index is 325. The summed E-state index contributed by atoms with van der Waals surface area (Å²) in [5.74, 6) is 0. The van der Waals surface area contributed by atoms with E-state index in [2.05, 4.69) is 9.04 Å². The standard InChI is InChI=1S/C6H13F5N3OP3/c1-2-3-4-5-6-15-18(11)12-16(9)13(7)17(10)14(18)8/h2-6H2,1H3. The summed E-state index contributed by atoms with van der Waals surface area (Å²) < 4.78 is 70.4. The zero-order chi connectivity index (χ0) is 13.8. The second-order valence-electron chi connectivity index (χ2n) is 3.42. The fourth-order valence-electron chi connectivity index (χ4n) is 1.15. The second kappa shape index (κ2) is 7.41. The van der Waals surface area contributed by atoms with E-state index in [1.807, 2.05) is 6.92 Å². The van der Waals surface area contributed by atoms with E-state index in [-0.39, 0.29) is 6.61 Å². The highest BCUT2D eigenvalue weighted by Crippen LogP contribution is 2.80. The van der Waals surface area contributed by atoms with E-state index in [1.54, 1.807) is 0 Å². The SMILES string of the molecule is CCCCCCOP1(F)=NP(F)N(F)P(F)N1F. The van der Waals surface area contributed by atoms with Gasteiger partial charge in [0, 0.05) is 4.66 Å². The largest absolute Gasteiger partial charge is 0.371 e. The van der Waals surface area contributed by atoms with Gasteiger partial charge in [0.15, 0.2) is 0 Å². The van der Waals surface area contributed by atoms with E-state index >= 15 is 0 Å². The molecule has 1 aliphatic rings. The van der Waals surface area contributed by atoms with Crippen molar-refractivity contribution in [1.29, 1.82) is 0 Å². The van der Waals surface area contributed by atoms with Crippen LogP contribution in [-0.2, 0) is 4.52 Å². The van der Waals surface area contributed by atoms with Crippen LogP contribution < -0.4 is 0 Å². The minimum Gasteiger partial charge on any atom is -0.307 e. The van der Waals surface area contributed by atoms with E-state index < -0.39 is 34.1 Å². The summed E-state index contributed by atoms with van der Waals surface area (Å²) in [7, 11) is -12.2. The fourth-order valence-corrected chi connectivity index (χ4v) is 5.82. The molecule has 0 N–H and O–H groups in total. The number of halogens is 5. The van der Waals surface area contributed by atoms with Gasteiger partial charge in [0.25, 0.3) is 0 Å². The van der Waals surface area contributed by atoms with Crippen molar-refractivity contribution >= 4 is 24.8 Å². The molecule has 0 aliphatic carbocycles. The van der Waals surface area contributed by atoms with Crippen LogP contribution in [0.3, 0.4) is 0 Å². The van der Waals surface area contributed by atoms with Crippen LogP contribution in [0.1, 0.15) is 32.6 Å². The Labute approximate surface area is 105 Å². The Morgan fingerprint density at radius 1 is 1.22 bits per heavy atom. The van der Waals surface area contributed by atoms with Crippen molar-refractivity contribution in [3.8, 4) is 0 Å². The van der Waals surface area contributed by atoms with Crippen LogP contribution in [0.5, 0.6) is 0 Å². The van der Waals surface area contributed by atoms with Gasteiger partial charge in [-0.2, -0.15) is 17.1 Å². The van der Waals surface area contributed by atoms with Gasteiger partial charge in [0.1, 0.15) is 0 Å². The van der Waals surface area contributed by atoms with Crippen molar-refractivity contribution in [2.75, 3.05) is 6.61 Å². The van der Waals surface area contributed by atoms with Crippen LogP contribution in [0.4, 0.5) is 21.6 Å². The number of hydrogen-bond donors (Lipinski definition) is 0. The molecule has 12 heteroatoms. The van der Waals surface area contributed by atoms with Crippen LogP contribution in [0, 0.1) is 0 Å². The zero-order valence-electron chi connectivity index (χ0n) is 9.52. The van der Waals surface area contributed by atoms with Gasteiger partial charge in [0.2, 0.25) is 0 Å². The van der Waals surface area contributed by atoms with Gasteiger partial charge in [-0.25, -0.2) is 0 Å². The van der Waals surface area contributed by atoms with Gasteiger partial charge in [0.05, 0.1) is 6.61 Å². The predicted octanol–water partition coefficient (Wildman–Crippen LogP) is 6.28. The van der Waals surface area contributed by atoms with Gasteiger partial charge >= 0.3 is 24.8 Å². The van der Waals surface area contributed by atoms with Crippen LogP contribution in [0.15, 0.2) is 4.52 Å². The minimum atomic E-state index is -4.84. The molecule has 1 aliphatic heterocycles. The summed E-state index contributed by atoms with van der Waals surface area (Å²) >= 11 is 0. The van der Waals surface area contributed by atoms with Crippen LogP contribution in [0.25, 0.3) is 0 Å². The molecule has 0 aromatic carbocycles. The number of unbranched alkanes of at least 4 members (excludes halogenated alkanes) is 3. The smallest absolute Gasteiger partial charge is 0.307 e. The molecule has 0 aromatic rings. The summed E-state index contributed by atoms with van der Waals surface area (Å²) in [5.41, 5.74) is 0. The zero-order valence-corrected chi connectivity index (χ0v) is 12.2. The summed E-state index contributed by atoms with van der Waals surface area (Å²) in [6.07, 6.45) is 2.99. The van der Waals surface area contributed by atoms with Crippen molar-refractivity contribution in [3.63, 3.8) is 0 Å². The number of hydrogen-bond acceptors (Lipinski definition) is 4. The lowest BCUT2D eigenvalue weighted by molar-refractivity contribution is 0.158. The summed E-state index contributed by atoms with van der Waals surface area (Å²) in [6, 6.07) is 0. The molecular weight excluding hydrogens is 318 g/mol. The Hall–Kier alpha value is 0.620. The second-order valence-corrected chi connectivity index (χ2v) is 8.34. The van der Waals surface area contributed by atoms with E-state index in [0.29, 0.717) is 6.42 Å². The number of rotatable bonds is 6. The Morgan fingerprint density at radius 3 is 2.50 bits per heavy atom. The Balaban J connectivity index is 2.58. The molecule has 1 heterocycles. The Kier molecular flexibility index (Phi) is 6.87. The molecule has 0 saturated carbocycles. The first kappa shape index (κ1) is 16.7. The highest BCUT2D eigenvalue weighted by Gasteiger charge is 2.51. The maximum atomic E-state index is 13.8. The first-order chi connectivity index (χ1) is 8.42. The van der Waals surface area contributed by atoms with Crippen LogP contribution >= 0.6 is 24.8 Å². The third kappa shape index (κ3) is 4.06. The van der Waals surface area contributed by atoms with Crippen molar-refractivity contribution in [2.24, 2.45) is 4.52 Å². The maximum Gasteiger partial charge on any atom is 0.371 e. The summed E-state index contributed by atoms with van der Waals surface area (Å²) in [6.45, 7) is 1.76. The fraction of sp³-hybridized carbons (Fsp3) is 1.00. The molecule has 108 valence electrons. The van der Waals surface area contributed by atoms with Crippen LogP contribution in [-0.4, -0.2) is 15.9 Å². The highest BCUT2D eigenvalue weighted by atomic mass is 31.3. The minimum absolute atomic E-state index is 0.202. The summed E-state index contributed by atoms with van der Waals surface area (Å²) in [5, 5.41) is 0. The maximum absolute atomic E-state index is 13.8. The molecule has 4 nitrogen and oxygen atoms in total. The lowest BCUT2D eigenvalue weighted by Crippen LogP contribution is -2.13. The average molecular weight is 331 g/mol. The third-order valence-corrected chi connectivity index (χ3v) is 7.25. The lowest BCUT2D eigenvalue weighted by atomic mass is 10.2. The van der Waals surface area contributed by atoms with E-state index in [4.69, 9.17) is 0 Å². The molecule has 18 heavy (non-hydrogen) atoms. The third-order valence-electron chi connectivity index (χ3n) is 2.05. The molecular formula is C6H13F5N3OP3. The van der Waals surface area contributed by atoms with Crippen molar-refractivity contribution in [3.05, 3.63) is 0 Å². The quantitative estimate of drug-likeness (QED) is 0.248. The summed E-state index contributed by atoms with van der Waals surface area (Å²) in [4.78, 5) is 0. The lowest BCUT2D eigenvalue weighted by Gasteiger charge is -2.29. The molecule has 0 bridgehead atoms. The molecule has 0 aromatic heterocycles. The normalized spacial score (nSPS) is 34.6. The Morgan fingerprint density at radius 2 is 1.89 bits per heavy atom. The van der Waals surface area contributed by atoms with E-state index in [0.717, 1.165) is 19.3 Å². The molecule has 3 atom stereocenters. The van der Waals surface area contributed by atoms with Gasteiger partial charge < -0.3 is 4.52 Å². The molecule has 3 unspecified atom stereocenters. The first-order valence-corrected chi connectivity index (χ1v) is 9.00. The molecule has 0 amide bonds. The number of nitrogens with zero attached hydrogens (tertiary/aromatic N) is 3. The van der Waals surface area contributed by atoms with Crippen molar-refractivity contribution in [2.45, 2.75) is 32.6 Å². The van der Waals surface area contributed by atoms with Gasteiger partial charge in [-0.15, -0.1) is 8.96 Å². The molecule has 0 saturated heterocycles. The van der Waals surface area contributed by atoms with Crippen LogP contribution in [0.2, 0.25) is 0 Å². The first-order valence-electron chi connectivity index (χ1n) is 5.22. The molecule has 0 spiro atoms. The average Bonchev–Trinajstić information content (AvgIpc) is 2.34. The topological polar surface area (TPSA) is 28.1 Å². The molecule has 1 rings (SSSR count). The highest BCUT2D eigenvalue weighted by molar-refractivity contribution is 7.77. The van der Waals surface area contributed by atoms with Gasteiger partial charge in [-0.05, 0) is 11.1 Å².